The van der Waals surface area contributed by atoms with Gasteiger partial charge in [-0.15, -0.1) is 0 Å². The molecule has 0 spiro atoms. The molecule has 1 amide bonds. The van der Waals surface area contributed by atoms with Crippen molar-refractivity contribution < 1.29 is 9.21 Å². The van der Waals surface area contributed by atoms with Gasteiger partial charge in [0, 0.05) is 11.9 Å². The zero-order valence-electron chi connectivity index (χ0n) is 11.6. The summed E-state index contributed by atoms with van der Waals surface area (Å²) in [7, 11) is 1.78. The van der Waals surface area contributed by atoms with Crippen LogP contribution in [0.2, 0.25) is 0 Å². The Kier molecular flexibility index (Phi) is 3.90. The van der Waals surface area contributed by atoms with Crippen molar-refractivity contribution in [3.05, 3.63) is 36.1 Å². The fourth-order valence-corrected chi connectivity index (χ4v) is 1.87. The van der Waals surface area contributed by atoms with E-state index >= 15 is 0 Å². The van der Waals surface area contributed by atoms with E-state index in [-0.39, 0.29) is 5.91 Å². The lowest BCUT2D eigenvalue weighted by Crippen LogP contribution is -2.51. The van der Waals surface area contributed by atoms with Gasteiger partial charge in [0.25, 0.3) is 0 Å². The quantitative estimate of drug-likeness (QED) is 0.865. The monoisotopic (exact) mass is 260 g/mol. The summed E-state index contributed by atoms with van der Waals surface area (Å²) < 4.78 is 5.47. The van der Waals surface area contributed by atoms with Gasteiger partial charge >= 0.3 is 0 Å². The molecule has 0 saturated heterocycles. The molecule has 0 unspecified atom stereocenters. The number of hydrogen-bond acceptors (Lipinski definition) is 3. The number of benzene rings is 1. The molecular formula is C15H20N2O2. The van der Waals surface area contributed by atoms with E-state index in [1.54, 1.807) is 13.3 Å². The van der Waals surface area contributed by atoms with Crippen molar-refractivity contribution in [1.29, 1.82) is 0 Å². The van der Waals surface area contributed by atoms with Gasteiger partial charge < -0.3 is 15.1 Å². The van der Waals surface area contributed by atoms with Crippen molar-refractivity contribution in [2.24, 2.45) is 0 Å². The standard InChI is InChI=1S/C15H20N2O2/c1-15(2,16-3)14(18)17-9-8-11-10-19-13-7-5-4-6-12(11)13/h4-7,10,16H,8-9H2,1-3H3,(H,17,18). The summed E-state index contributed by atoms with van der Waals surface area (Å²) in [4.78, 5) is 11.9. The molecule has 0 bridgehead atoms. The first kappa shape index (κ1) is 13.6. The van der Waals surface area contributed by atoms with Crippen LogP contribution in [0.3, 0.4) is 0 Å². The van der Waals surface area contributed by atoms with Crippen LogP contribution in [0.15, 0.2) is 34.9 Å². The number of likely N-dealkylation sites (N-methyl/N-ethyl adjacent to an activating group) is 1. The van der Waals surface area contributed by atoms with E-state index in [0.29, 0.717) is 6.54 Å². The molecule has 0 aliphatic heterocycles. The highest BCUT2D eigenvalue weighted by Crippen LogP contribution is 2.20. The highest BCUT2D eigenvalue weighted by Gasteiger charge is 2.24. The Morgan fingerprint density at radius 1 is 1.32 bits per heavy atom. The lowest BCUT2D eigenvalue weighted by atomic mass is 10.0. The highest BCUT2D eigenvalue weighted by atomic mass is 16.3. The largest absolute Gasteiger partial charge is 0.464 e. The number of hydrogen-bond donors (Lipinski definition) is 2. The maximum atomic E-state index is 11.9. The molecule has 4 heteroatoms. The first-order chi connectivity index (χ1) is 9.04. The molecule has 102 valence electrons. The molecule has 4 nitrogen and oxygen atoms in total. The molecule has 0 atom stereocenters. The summed E-state index contributed by atoms with van der Waals surface area (Å²) in [6, 6.07) is 7.92. The minimum absolute atomic E-state index is 0.00259. The highest BCUT2D eigenvalue weighted by molar-refractivity contribution is 5.85. The Balaban J connectivity index is 1.95. The van der Waals surface area contributed by atoms with Crippen LogP contribution >= 0.6 is 0 Å². The van der Waals surface area contributed by atoms with Gasteiger partial charge in [0.2, 0.25) is 5.91 Å². The lowest BCUT2D eigenvalue weighted by Gasteiger charge is -2.22. The van der Waals surface area contributed by atoms with Crippen molar-refractivity contribution in [2.75, 3.05) is 13.6 Å². The number of para-hydroxylation sites is 1. The van der Waals surface area contributed by atoms with Crippen molar-refractivity contribution >= 4 is 16.9 Å². The number of fused-ring (bicyclic) bond motifs is 1. The van der Waals surface area contributed by atoms with Gasteiger partial charge in [0.15, 0.2) is 0 Å². The zero-order valence-corrected chi connectivity index (χ0v) is 11.6. The Morgan fingerprint density at radius 2 is 2.05 bits per heavy atom. The Labute approximate surface area is 113 Å². The van der Waals surface area contributed by atoms with Crippen LogP contribution in [-0.2, 0) is 11.2 Å². The summed E-state index contributed by atoms with van der Waals surface area (Å²) in [6.07, 6.45) is 2.53. The number of carbonyl (C=O) groups is 1. The fraction of sp³-hybridized carbons (Fsp3) is 0.400. The molecule has 0 aliphatic carbocycles. The van der Waals surface area contributed by atoms with E-state index in [1.165, 1.54) is 0 Å². The lowest BCUT2D eigenvalue weighted by molar-refractivity contribution is -0.126. The molecule has 1 aromatic carbocycles. The minimum atomic E-state index is -0.543. The van der Waals surface area contributed by atoms with Crippen molar-refractivity contribution in [1.82, 2.24) is 10.6 Å². The molecule has 1 aromatic heterocycles. The van der Waals surface area contributed by atoms with E-state index in [9.17, 15) is 4.79 Å². The molecule has 0 radical (unpaired) electrons. The third-order valence-electron chi connectivity index (χ3n) is 3.43. The number of rotatable bonds is 5. The van der Waals surface area contributed by atoms with E-state index in [4.69, 9.17) is 4.42 Å². The third kappa shape index (κ3) is 2.96. The average molecular weight is 260 g/mol. The second-order valence-electron chi connectivity index (χ2n) is 5.14. The first-order valence-electron chi connectivity index (χ1n) is 6.47. The van der Waals surface area contributed by atoms with Gasteiger partial charge in [-0.25, -0.2) is 0 Å². The maximum absolute atomic E-state index is 11.9. The molecule has 1 heterocycles. The Morgan fingerprint density at radius 3 is 2.79 bits per heavy atom. The molecule has 19 heavy (non-hydrogen) atoms. The summed E-state index contributed by atoms with van der Waals surface area (Å²) in [5, 5.41) is 7.03. The zero-order chi connectivity index (χ0) is 13.9. The first-order valence-corrected chi connectivity index (χ1v) is 6.47. The number of carbonyl (C=O) groups excluding carboxylic acids is 1. The van der Waals surface area contributed by atoms with Crippen molar-refractivity contribution in [2.45, 2.75) is 25.8 Å². The summed E-state index contributed by atoms with van der Waals surface area (Å²) in [5.41, 5.74) is 1.47. The van der Waals surface area contributed by atoms with Crippen LogP contribution in [0.1, 0.15) is 19.4 Å². The van der Waals surface area contributed by atoms with E-state index < -0.39 is 5.54 Å². The topological polar surface area (TPSA) is 54.3 Å². The molecule has 0 aliphatic rings. The van der Waals surface area contributed by atoms with Gasteiger partial charge in [0.1, 0.15) is 5.58 Å². The molecule has 0 saturated carbocycles. The van der Waals surface area contributed by atoms with Crippen LogP contribution in [0.25, 0.3) is 11.0 Å². The maximum Gasteiger partial charge on any atom is 0.239 e. The second-order valence-corrected chi connectivity index (χ2v) is 5.14. The van der Waals surface area contributed by atoms with Crippen LogP contribution in [0.5, 0.6) is 0 Å². The Hall–Kier alpha value is -1.81. The van der Waals surface area contributed by atoms with Gasteiger partial charge in [-0.1, -0.05) is 18.2 Å². The molecule has 2 aromatic rings. The average Bonchev–Trinajstić information content (AvgIpc) is 2.82. The van der Waals surface area contributed by atoms with Crippen molar-refractivity contribution in [3.8, 4) is 0 Å². The Bertz CT molecular complexity index is 572. The predicted molar refractivity (Wildman–Crippen MR) is 76.1 cm³/mol. The second kappa shape index (κ2) is 5.45. The number of amides is 1. The van der Waals surface area contributed by atoms with E-state index in [2.05, 4.69) is 10.6 Å². The molecule has 2 N–H and O–H groups in total. The predicted octanol–water partition coefficient (Wildman–Crippen LogP) is 2.09. The van der Waals surface area contributed by atoms with E-state index in [0.717, 1.165) is 23.0 Å². The molecular weight excluding hydrogens is 240 g/mol. The van der Waals surface area contributed by atoms with Crippen LogP contribution in [-0.4, -0.2) is 25.0 Å². The third-order valence-corrected chi connectivity index (χ3v) is 3.43. The molecule has 0 fully saturated rings. The van der Waals surface area contributed by atoms with Crippen LogP contribution < -0.4 is 10.6 Å². The van der Waals surface area contributed by atoms with E-state index in [1.807, 2.05) is 38.1 Å². The van der Waals surface area contributed by atoms with Crippen LogP contribution in [0, 0.1) is 0 Å². The van der Waals surface area contributed by atoms with Gasteiger partial charge in [-0.05, 0) is 38.9 Å². The number of nitrogens with one attached hydrogen (secondary N) is 2. The fourth-order valence-electron chi connectivity index (χ4n) is 1.87. The van der Waals surface area contributed by atoms with Crippen LogP contribution in [0.4, 0.5) is 0 Å². The normalized spacial score (nSPS) is 11.7. The van der Waals surface area contributed by atoms with Gasteiger partial charge in [0.05, 0.1) is 11.8 Å². The summed E-state index contributed by atoms with van der Waals surface area (Å²) in [6.45, 7) is 4.32. The SMILES string of the molecule is CNC(C)(C)C(=O)NCCc1coc2ccccc12. The number of furan rings is 1. The van der Waals surface area contributed by atoms with Crippen molar-refractivity contribution in [3.63, 3.8) is 0 Å². The summed E-state index contributed by atoms with van der Waals surface area (Å²) in [5.74, 6) is 0.00259. The summed E-state index contributed by atoms with van der Waals surface area (Å²) >= 11 is 0. The van der Waals surface area contributed by atoms with Gasteiger partial charge in [-0.3, -0.25) is 4.79 Å². The molecule has 2 rings (SSSR count). The minimum Gasteiger partial charge on any atom is -0.464 e. The van der Waals surface area contributed by atoms with Gasteiger partial charge in [-0.2, -0.15) is 0 Å². The smallest absolute Gasteiger partial charge is 0.239 e.